The molecule has 1 heterocycles. The number of halogens is 4. The lowest BCUT2D eigenvalue weighted by molar-refractivity contribution is -0.275. The van der Waals surface area contributed by atoms with Crippen molar-refractivity contribution in [1.82, 2.24) is 0 Å². The number of alkyl halides is 3. The lowest BCUT2D eigenvalue weighted by atomic mass is 9.86. The van der Waals surface area contributed by atoms with Gasteiger partial charge in [-0.2, -0.15) is 4.31 Å². The molecule has 0 aliphatic carbocycles. The van der Waals surface area contributed by atoms with Gasteiger partial charge in [0.25, 0.3) is 15.9 Å². The van der Waals surface area contributed by atoms with Crippen molar-refractivity contribution < 1.29 is 54.9 Å². The summed E-state index contributed by atoms with van der Waals surface area (Å²) < 4.78 is 93.8. The van der Waals surface area contributed by atoms with Crippen LogP contribution in [0.4, 0.5) is 18.9 Å². The second-order valence-electron chi connectivity index (χ2n) is 8.76. The van der Waals surface area contributed by atoms with E-state index in [1.807, 2.05) is 0 Å². The molecule has 4 rings (SSSR count). The van der Waals surface area contributed by atoms with E-state index in [1.54, 1.807) is 6.07 Å². The van der Waals surface area contributed by atoms with Crippen LogP contribution in [0.5, 0.6) is 17.2 Å². The van der Waals surface area contributed by atoms with E-state index in [0.29, 0.717) is 6.07 Å². The molecule has 0 saturated heterocycles. The molecule has 3 aromatic rings. The molecule has 0 saturated carbocycles. The average molecular weight is 630 g/mol. The number of rotatable bonds is 9. The average Bonchev–Trinajstić information content (AvgIpc) is 3.19. The molecule has 10 nitrogen and oxygen atoms in total. The third-order valence-corrected chi connectivity index (χ3v) is 8.28. The Kier molecular flexibility index (Phi) is 8.36. The predicted octanol–water partition coefficient (Wildman–Crippen LogP) is 4.81. The number of sulfonamides is 1. The second-order valence-corrected chi connectivity index (χ2v) is 11.0. The largest absolute Gasteiger partial charge is 0.573 e. The molecule has 2 atom stereocenters. The van der Waals surface area contributed by atoms with E-state index >= 15 is 0 Å². The summed E-state index contributed by atoms with van der Waals surface area (Å²) in [5, 5.41) is 0.0555. The van der Waals surface area contributed by atoms with Gasteiger partial charge in [0.05, 0.1) is 27.0 Å². The summed E-state index contributed by atoms with van der Waals surface area (Å²) in [5.41, 5.74) is -2.85. The molecular weight excluding hydrogens is 607 g/mol. The van der Waals surface area contributed by atoms with Gasteiger partial charge in [0.1, 0.15) is 16.4 Å². The van der Waals surface area contributed by atoms with Crippen molar-refractivity contribution in [3.8, 4) is 17.2 Å². The smallest absolute Gasteiger partial charge is 0.497 e. The van der Waals surface area contributed by atoms with E-state index in [2.05, 4.69) is 4.74 Å². The summed E-state index contributed by atoms with van der Waals surface area (Å²) >= 11 is 6.28. The van der Waals surface area contributed by atoms with Gasteiger partial charge in [-0.3, -0.25) is 4.79 Å². The molecule has 0 N–H and O–H groups in total. The number of hydrogen-bond donors (Lipinski definition) is 0. The summed E-state index contributed by atoms with van der Waals surface area (Å²) in [4.78, 5) is 26.0. The molecule has 3 aromatic carbocycles. The first-order valence-corrected chi connectivity index (χ1v) is 13.8. The molecule has 0 bridgehead atoms. The zero-order valence-electron chi connectivity index (χ0n) is 22.4. The number of esters is 1. The molecule has 1 unspecified atom stereocenters. The fourth-order valence-electron chi connectivity index (χ4n) is 4.56. The molecule has 0 radical (unpaired) electrons. The maximum absolute atomic E-state index is 14.5. The number of nitrogens with zero attached hydrogens (tertiary/aromatic N) is 1. The summed E-state index contributed by atoms with van der Waals surface area (Å²) in [6, 6.07) is 12.3. The Morgan fingerprint density at radius 3 is 2.26 bits per heavy atom. The summed E-state index contributed by atoms with van der Waals surface area (Å²) in [6.07, 6.45) is -6.75. The van der Waals surface area contributed by atoms with E-state index in [0.717, 1.165) is 26.4 Å². The molecule has 1 aliphatic rings. The van der Waals surface area contributed by atoms with Crippen molar-refractivity contribution in [3.63, 3.8) is 0 Å². The van der Waals surface area contributed by atoms with Crippen LogP contribution >= 0.6 is 11.6 Å². The first-order valence-electron chi connectivity index (χ1n) is 11.9. The van der Waals surface area contributed by atoms with E-state index in [1.165, 1.54) is 50.4 Å². The number of amides is 1. The Bertz CT molecular complexity index is 1650. The fraction of sp³-hybridized carbons (Fsp3) is 0.259. The minimum Gasteiger partial charge on any atom is -0.497 e. The predicted molar refractivity (Wildman–Crippen MR) is 142 cm³/mol. The number of methoxy groups -OCH3 is 3. The number of hydrogen-bond acceptors (Lipinski definition) is 9. The highest BCUT2D eigenvalue weighted by atomic mass is 35.5. The van der Waals surface area contributed by atoms with Crippen LogP contribution in [0.2, 0.25) is 5.02 Å². The minimum absolute atomic E-state index is 0.0176. The topological polar surface area (TPSA) is 118 Å². The molecule has 0 spiro atoms. The standard InChI is InChI=1S/C27H23ClF3NO9S/c1-15(24(33)39-4)40-26(18-7-5-6-8-21(18)38-3)19-13-16(28)9-11-20(19)32(25(26)34)42(35,36)23-12-10-17(37-2)14-22(23)41-27(29,30)31/h5-15H,1-4H3/t15-,26?/m0/s1. The Labute approximate surface area is 243 Å². The Hall–Kier alpha value is -4.01. The van der Waals surface area contributed by atoms with Gasteiger partial charge < -0.3 is 23.7 Å². The van der Waals surface area contributed by atoms with Gasteiger partial charge in [-0.1, -0.05) is 29.8 Å². The summed E-state index contributed by atoms with van der Waals surface area (Å²) in [6.45, 7) is 1.27. The molecule has 1 aliphatic heterocycles. The maximum Gasteiger partial charge on any atom is 0.573 e. The molecule has 224 valence electrons. The first kappa shape index (κ1) is 30.9. The van der Waals surface area contributed by atoms with Crippen LogP contribution in [0, 0.1) is 0 Å². The number of fused-ring (bicyclic) bond motifs is 1. The number of carbonyl (C=O) groups is 2. The van der Waals surface area contributed by atoms with Gasteiger partial charge in [-0.15, -0.1) is 13.2 Å². The van der Waals surface area contributed by atoms with Gasteiger partial charge in [0.2, 0.25) is 5.60 Å². The van der Waals surface area contributed by atoms with Crippen LogP contribution in [0.25, 0.3) is 0 Å². The highest BCUT2D eigenvalue weighted by molar-refractivity contribution is 7.93. The Morgan fingerprint density at radius 2 is 1.64 bits per heavy atom. The third kappa shape index (κ3) is 5.32. The number of carbonyl (C=O) groups excluding carboxylic acids is 2. The van der Waals surface area contributed by atoms with E-state index in [-0.39, 0.29) is 37.6 Å². The van der Waals surface area contributed by atoms with Crippen molar-refractivity contribution in [2.45, 2.75) is 29.9 Å². The van der Waals surface area contributed by atoms with Crippen LogP contribution in [-0.4, -0.2) is 54.1 Å². The van der Waals surface area contributed by atoms with Gasteiger partial charge in [-0.25, -0.2) is 13.2 Å². The number of anilines is 1. The van der Waals surface area contributed by atoms with Crippen LogP contribution < -0.4 is 18.5 Å². The highest BCUT2D eigenvalue weighted by Crippen LogP contribution is 2.53. The monoisotopic (exact) mass is 629 g/mol. The fourth-order valence-corrected chi connectivity index (χ4v) is 6.29. The normalized spacial score (nSPS) is 17.4. The van der Waals surface area contributed by atoms with Crippen molar-refractivity contribution >= 4 is 39.2 Å². The van der Waals surface area contributed by atoms with Crippen molar-refractivity contribution in [2.24, 2.45) is 0 Å². The van der Waals surface area contributed by atoms with Crippen molar-refractivity contribution in [1.29, 1.82) is 0 Å². The van der Waals surface area contributed by atoms with Gasteiger partial charge >= 0.3 is 12.3 Å². The second kappa shape index (κ2) is 11.3. The van der Waals surface area contributed by atoms with Crippen molar-refractivity contribution in [2.75, 3.05) is 25.6 Å². The van der Waals surface area contributed by atoms with E-state index < -0.39 is 50.6 Å². The summed E-state index contributed by atoms with van der Waals surface area (Å²) in [5.74, 6) is -3.43. The molecule has 42 heavy (non-hydrogen) atoms. The summed E-state index contributed by atoms with van der Waals surface area (Å²) in [7, 11) is -1.64. The molecule has 15 heteroatoms. The molecular formula is C27H23ClF3NO9S. The molecule has 0 aromatic heterocycles. The lowest BCUT2D eigenvalue weighted by Gasteiger charge is -2.32. The molecule has 0 fully saturated rings. The van der Waals surface area contributed by atoms with Gasteiger partial charge in [0, 0.05) is 22.2 Å². The van der Waals surface area contributed by atoms with Crippen LogP contribution in [-0.2, 0) is 34.7 Å². The van der Waals surface area contributed by atoms with Gasteiger partial charge in [0.15, 0.2) is 11.9 Å². The Morgan fingerprint density at radius 1 is 0.952 bits per heavy atom. The van der Waals surface area contributed by atoms with Crippen LogP contribution in [0.1, 0.15) is 18.1 Å². The molecule has 1 amide bonds. The minimum atomic E-state index is -5.29. The number of para-hydroxylation sites is 1. The quantitative estimate of drug-likeness (QED) is 0.307. The van der Waals surface area contributed by atoms with E-state index in [9.17, 15) is 31.2 Å². The zero-order chi connectivity index (χ0) is 31.0. The lowest BCUT2D eigenvalue weighted by Crippen LogP contribution is -2.48. The first-order chi connectivity index (χ1) is 19.7. The van der Waals surface area contributed by atoms with Crippen LogP contribution in [0.15, 0.2) is 65.6 Å². The van der Waals surface area contributed by atoms with Gasteiger partial charge in [-0.05, 0) is 43.3 Å². The SMILES string of the molecule is COC(=O)[C@H](C)OC1(c2ccccc2OC)C(=O)N(S(=O)(=O)c2ccc(OC)cc2OC(F)(F)F)c2ccc(Cl)cc21. The Balaban J connectivity index is 2.05. The zero-order valence-corrected chi connectivity index (χ0v) is 24.0. The third-order valence-electron chi connectivity index (χ3n) is 6.31. The highest BCUT2D eigenvalue weighted by Gasteiger charge is 2.60. The van der Waals surface area contributed by atoms with E-state index in [4.69, 9.17) is 30.5 Å². The van der Waals surface area contributed by atoms with Crippen molar-refractivity contribution in [3.05, 3.63) is 76.8 Å². The number of ether oxygens (including phenoxy) is 5. The number of benzene rings is 3. The maximum atomic E-state index is 14.5. The van der Waals surface area contributed by atoms with Crippen LogP contribution in [0.3, 0.4) is 0 Å².